The van der Waals surface area contributed by atoms with E-state index in [2.05, 4.69) is 9.46 Å². The molecule has 2 aromatic carbocycles. The number of ether oxygens (including phenoxy) is 1. The topological polar surface area (TPSA) is 110 Å². The number of fused-ring (bicyclic) bond motifs is 1. The van der Waals surface area contributed by atoms with Crippen LogP contribution in [0.3, 0.4) is 0 Å². The molecule has 1 N–H and O–H groups in total. The average molecular weight is 434 g/mol. The molecule has 0 aliphatic carbocycles. The van der Waals surface area contributed by atoms with Crippen molar-refractivity contribution in [3.63, 3.8) is 0 Å². The van der Waals surface area contributed by atoms with Gasteiger partial charge in [0.25, 0.3) is 10.0 Å². The maximum atomic E-state index is 12.8. The number of carbonyl (C=O) groups is 3. The first-order valence-corrected chi connectivity index (χ1v) is 11.0. The minimum atomic E-state index is -3.99. The summed E-state index contributed by atoms with van der Waals surface area (Å²) in [5.74, 6) is -0.964. The van der Waals surface area contributed by atoms with E-state index in [4.69, 9.17) is 0 Å². The molecule has 1 heterocycles. The van der Waals surface area contributed by atoms with Crippen LogP contribution in [0.1, 0.15) is 17.3 Å². The van der Waals surface area contributed by atoms with Crippen LogP contribution >= 0.6 is 11.8 Å². The zero-order chi connectivity index (χ0) is 21.2. The summed E-state index contributed by atoms with van der Waals surface area (Å²) < 4.78 is 32.7. The number of hydrogen-bond acceptors (Lipinski definition) is 7. The van der Waals surface area contributed by atoms with E-state index in [-0.39, 0.29) is 34.6 Å². The van der Waals surface area contributed by atoms with Gasteiger partial charge in [-0.25, -0.2) is 8.42 Å². The summed E-state index contributed by atoms with van der Waals surface area (Å²) in [7, 11) is -2.77. The second kappa shape index (κ2) is 8.26. The molecule has 8 nitrogen and oxygen atoms in total. The Balaban J connectivity index is 1.95. The molecule has 10 heteroatoms. The molecule has 0 saturated heterocycles. The lowest BCUT2D eigenvalue weighted by Gasteiger charge is -2.28. The Morgan fingerprint density at radius 3 is 2.66 bits per heavy atom. The SMILES string of the molecule is COC(=O)CN1C(=O)CSc2ccc(S(=O)(=O)Nc3cccc(C(C)=O)c3)cc21. The summed E-state index contributed by atoms with van der Waals surface area (Å²) in [6.07, 6.45) is 0. The van der Waals surface area contributed by atoms with E-state index in [0.29, 0.717) is 16.1 Å². The van der Waals surface area contributed by atoms with Crippen molar-refractivity contribution in [1.29, 1.82) is 0 Å². The van der Waals surface area contributed by atoms with Gasteiger partial charge in [-0.15, -0.1) is 11.8 Å². The van der Waals surface area contributed by atoms with Crippen LogP contribution in [-0.4, -0.2) is 45.5 Å². The maximum Gasteiger partial charge on any atom is 0.325 e. The van der Waals surface area contributed by atoms with E-state index in [1.54, 1.807) is 18.2 Å². The summed E-state index contributed by atoms with van der Waals surface area (Å²) in [5.41, 5.74) is 0.950. The van der Waals surface area contributed by atoms with Crippen molar-refractivity contribution in [2.24, 2.45) is 0 Å². The van der Waals surface area contributed by atoms with Gasteiger partial charge in [0.05, 0.1) is 23.4 Å². The fourth-order valence-corrected chi connectivity index (χ4v) is 4.72. The van der Waals surface area contributed by atoms with Crippen molar-refractivity contribution in [2.75, 3.05) is 29.0 Å². The first-order valence-electron chi connectivity index (χ1n) is 8.49. The van der Waals surface area contributed by atoms with E-state index < -0.39 is 16.0 Å². The maximum absolute atomic E-state index is 12.8. The first-order chi connectivity index (χ1) is 13.7. The number of benzene rings is 2. The molecule has 2 aromatic rings. The van der Waals surface area contributed by atoms with Gasteiger partial charge in [-0.3, -0.25) is 24.0 Å². The molecule has 0 spiro atoms. The van der Waals surface area contributed by atoms with E-state index in [1.165, 1.54) is 55.0 Å². The number of Topliss-reactive ketones (excluding diaryl/α,β-unsaturated/α-hetero) is 1. The Morgan fingerprint density at radius 2 is 1.97 bits per heavy atom. The Bertz CT molecular complexity index is 1100. The van der Waals surface area contributed by atoms with E-state index in [1.807, 2.05) is 0 Å². The van der Waals surface area contributed by atoms with Crippen molar-refractivity contribution in [3.8, 4) is 0 Å². The summed E-state index contributed by atoms with van der Waals surface area (Å²) in [6, 6.07) is 10.5. The molecule has 0 unspecified atom stereocenters. The number of ketones is 1. The standard InChI is InChI=1S/C19H18N2O6S2/c1-12(22)13-4-3-5-14(8-13)20-29(25,26)15-6-7-17-16(9-15)21(10-19(24)27-2)18(23)11-28-17/h3-9,20H,10-11H2,1-2H3. The third kappa shape index (κ3) is 4.60. The van der Waals surface area contributed by atoms with E-state index in [0.717, 1.165) is 0 Å². The molecule has 0 fully saturated rings. The summed E-state index contributed by atoms with van der Waals surface area (Å²) in [6.45, 7) is 1.09. The zero-order valence-electron chi connectivity index (χ0n) is 15.7. The van der Waals surface area contributed by atoms with Crippen LogP contribution in [0.25, 0.3) is 0 Å². The predicted octanol–water partition coefficient (Wildman–Crippen LogP) is 2.30. The van der Waals surface area contributed by atoms with Gasteiger partial charge in [-0.1, -0.05) is 12.1 Å². The number of anilines is 2. The number of rotatable bonds is 6. The fourth-order valence-electron chi connectivity index (χ4n) is 2.73. The Hall–Kier alpha value is -2.85. The third-order valence-corrected chi connectivity index (χ3v) is 6.65. The molecule has 1 amide bonds. The number of sulfonamides is 1. The predicted molar refractivity (Wildman–Crippen MR) is 109 cm³/mol. The Labute approximate surface area is 172 Å². The normalized spacial score (nSPS) is 13.6. The Morgan fingerprint density at radius 1 is 1.21 bits per heavy atom. The second-order valence-electron chi connectivity index (χ2n) is 6.22. The molecule has 29 heavy (non-hydrogen) atoms. The van der Waals surface area contributed by atoms with Gasteiger partial charge in [0.2, 0.25) is 5.91 Å². The quantitative estimate of drug-likeness (QED) is 0.549. The molecule has 0 radical (unpaired) electrons. The van der Waals surface area contributed by atoms with Crippen molar-refractivity contribution < 1.29 is 27.5 Å². The highest BCUT2D eigenvalue weighted by molar-refractivity contribution is 8.00. The van der Waals surface area contributed by atoms with Crippen LogP contribution in [0.5, 0.6) is 0 Å². The number of amides is 1. The summed E-state index contributed by atoms with van der Waals surface area (Å²) in [4.78, 5) is 37.3. The van der Waals surface area contributed by atoms with Crippen molar-refractivity contribution in [2.45, 2.75) is 16.7 Å². The van der Waals surface area contributed by atoms with Gasteiger partial charge in [0.15, 0.2) is 5.78 Å². The highest BCUT2D eigenvalue weighted by Gasteiger charge is 2.29. The van der Waals surface area contributed by atoms with Gasteiger partial charge in [0, 0.05) is 16.1 Å². The lowest BCUT2D eigenvalue weighted by Crippen LogP contribution is -2.39. The van der Waals surface area contributed by atoms with Crippen LogP contribution < -0.4 is 9.62 Å². The van der Waals surface area contributed by atoms with Gasteiger partial charge < -0.3 is 4.74 Å². The van der Waals surface area contributed by atoms with Crippen LogP contribution in [0.4, 0.5) is 11.4 Å². The average Bonchev–Trinajstić information content (AvgIpc) is 2.69. The van der Waals surface area contributed by atoms with Crippen molar-refractivity contribution in [3.05, 3.63) is 48.0 Å². The summed E-state index contributed by atoms with van der Waals surface area (Å²) >= 11 is 1.27. The van der Waals surface area contributed by atoms with Crippen molar-refractivity contribution >= 4 is 50.8 Å². The number of thioether (sulfide) groups is 1. The number of hydrogen-bond donors (Lipinski definition) is 1. The third-order valence-electron chi connectivity index (χ3n) is 4.22. The molecule has 0 atom stereocenters. The van der Waals surface area contributed by atoms with Crippen LogP contribution in [0.2, 0.25) is 0 Å². The van der Waals surface area contributed by atoms with E-state index >= 15 is 0 Å². The van der Waals surface area contributed by atoms with Gasteiger partial charge >= 0.3 is 5.97 Å². The number of methoxy groups -OCH3 is 1. The number of esters is 1. The van der Waals surface area contributed by atoms with Gasteiger partial charge in [-0.2, -0.15) is 0 Å². The van der Waals surface area contributed by atoms with Gasteiger partial charge in [-0.05, 0) is 37.3 Å². The molecular weight excluding hydrogens is 416 g/mol. The van der Waals surface area contributed by atoms with E-state index in [9.17, 15) is 22.8 Å². The van der Waals surface area contributed by atoms with Crippen LogP contribution in [0, 0.1) is 0 Å². The van der Waals surface area contributed by atoms with Gasteiger partial charge in [0.1, 0.15) is 6.54 Å². The first kappa shape index (κ1) is 20.9. The smallest absolute Gasteiger partial charge is 0.325 e. The molecule has 3 rings (SSSR count). The largest absolute Gasteiger partial charge is 0.468 e. The van der Waals surface area contributed by atoms with Crippen LogP contribution in [-0.2, 0) is 24.3 Å². The Kier molecular flexibility index (Phi) is 5.94. The molecule has 0 bridgehead atoms. The minimum Gasteiger partial charge on any atom is -0.468 e. The minimum absolute atomic E-state index is 0.0744. The van der Waals surface area contributed by atoms with Crippen LogP contribution in [0.15, 0.2) is 52.3 Å². The molecular formula is C19H18N2O6S2. The number of nitrogens with one attached hydrogen (secondary N) is 1. The molecule has 0 saturated carbocycles. The van der Waals surface area contributed by atoms with Crippen molar-refractivity contribution in [1.82, 2.24) is 0 Å². The number of carbonyl (C=O) groups excluding carboxylic acids is 3. The lowest BCUT2D eigenvalue weighted by atomic mass is 10.1. The monoisotopic (exact) mass is 434 g/mol. The fraction of sp³-hybridized carbons (Fsp3) is 0.211. The molecule has 152 valence electrons. The number of nitrogens with zero attached hydrogens (tertiary/aromatic N) is 1. The molecule has 1 aliphatic heterocycles. The molecule has 1 aliphatic rings. The highest BCUT2D eigenvalue weighted by atomic mass is 32.2. The zero-order valence-corrected chi connectivity index (χ0v) is 17.3. The summed E-state index contributed by atoms with van der Waals surface area (Å²) in [5, 5.41) is 0. The molecule has 0 aromatic heterocycles. The lowest BCUT2D eigenvalue weighted by molar-refractivity contribution is -0.139. The second-order valence-corrected chi connectivity index (χ2v) is 8.92. The highest BCUT2D eigenvalue weighted by Crippen LogP contribution is 2.37.